The van der Waals surface area contributed by atoms with Gasteiger partial charge in [-0.25, -0.2) is 0 Å². The van der Waals surface area contributed by atoms with E-state index < -0.39 is 0 Å². The van der Waals surface area contributed by atoms with Crippen molar-refractivity contribution in [3.05, 3.63) is 29.6 Å². The number of amides is 1. The van der Waals surface area contributed by atoms with E-state index in [9.17, 15) is 4.79 Å². The van der Waals surface area contributed by atoms with Gasteiger partial charge in [0.05, 0.1) is 11.6 Å². The molecule has 2 rings (SSSR count). The van der Waals surface area contributed by atoms with Crippen LogP contribution in [0.1, 0.15) is 28.9 Å². The van der Waals surface area contributed by atoms with Gasteiger partial charge in [-0.2, -0.15) is 0 Å². The second kappa shape index (κ2) is 2.30. The summed E-state index contributed by atoms with van der Waals surface area (Å²) in [7, 11) is 1.81. The molecular weight excluding hydrogens is 152 g/mol. The van der Waals surface area contributed by atoms with Crippen molar-refractivity contribution in [1.82, 2.24) is 9.88 Å². The van der Waals surface area contributed by atoms with Gasteiger partial charge in [-0.3, -0.25) is 9.78 Å². The largest absolute Gasteiger partial charge is 0.335 e. The van der Waals surface area contributed by atoms with E-state index in [4.69, 9.17) is 0 Å². The molecule has 1 aliphatic rings. The first kappa shape index (κ1) is 7.28. The highest BCUT2D eigenvalue weighted by molar-refractivity contribution is 5.98. The fourth-order valence-electron chi connectivity index (χ4n) is 1.52. The quantitative estimate of drug-likeness (QED) is 0.574. The number of rotatable bonds is 0. The molecule has 0 bridgehead atoms. The fraction of sp³-hybridized carbons (Fsp3) is 0.333. The maximum atomic E-state index is 11.5. The van der Waals surface area contributed by atoms with Crippen molar-refractivity contribution in [3.63, 3.8) is 0 Å². The molecule has 3 nitrogen and oxygen atoms in total. The lowest BCUT2D eigenvalue weighted by Crippen LogP contribution is -2.20. The minimum Gasteiger partial charge on any atom is -0.335 e. The Hall–Kier alpha value is -1.38. The average molecular weight is 162 g/mol. The van der Waals surface area contributed by atoms with Crippen molar-refractivity contribution in [2.45, 2.75) is 13.0 Å². The molecule has 2 heterocycles. The highest BCUT2D eigenvalue weighted by atomic mass is 16.2. The van der Waals surface area contributed by atoms with Gasteiger partial charge in [0.15, 0.2) is 0 Å². The van der Waals surface area contributed by atoms with Crippen LogP contribution in [0.3, 0.4) is 0 Å². The number of carbonyl (C=O) groups excluding carboxylic acids is 1. The van der Waals surface area contributed by atoms with Crippen LogP contribution in [0.4, 0.5) is 0 Å². The van der Waals surface area contributed by atoms with Crippen molar-refractivity contribution < 1.29 is 4.79 Å². The molecule has 0 fully saturated rings. The van der Waals surface area contributed by atoms with Gasteiger partial charge in [0, 0.05) is 19.4 Å². The summed E-state index contributed by atoms with van der Waals surface area (Å²) >= 11 is 0. The summed E-state index contributed by atoms with van der Waals surface area (Å²) in [6.07, 6.45) is 3.36. The Bertz CT molecular complexity index is 335. The SMILES string of the molecule is CC1c2ccncc2C(=O)N1C. The second-order valence-corrected chi connectivity index (χ2v) is 3.05. The van der Waals surface area contributed by atoms with Gasteiger partial charge in [0.2, 0.25) is 0 Å². The molecule has 1 aromatic rings. The van der Waals surface area contributed by atoms with Crippen LogP contribution in [0.2, 0.25) is 0 Å². The van der Waals surface area contributed by atoms with Crippen LogP contribution in [-0.2, 0) is 0 Å². The number of carbonyl (C=O) groups is 1. The molecule has 1 aromatic heterocycles. The molecule has 12 heavy (non-hydrogen) atoms. The van der Waals surface area contributed by atoms with Gasteiger partial charge in [-0.15, -0.1) is 0 Å². The Balaban J connectivity index is 2.59. The van der Waals surface area contributed by atoms with Gasteiger partial charge in [-0.05, 0) is 18.6 Å². The molecule has 0 aliphatic carbocycles. The van der Waals surface area contributed by atoms with Gasteiger partial charge >= 0.3 is 0 Å². The lowest BCUT2D eigenvalue weighted by molar-refractivity contribution is 0.0784. The van der Waals surface area contributed by atoms with Gasteiger partial charge < -0.3 is 4.90 Å². The molecule has 1 unspecified atom stereocenters. The smallest absolute Gasteiger partial charge is 0.256 e. The lowest BCUT2D eigenvalue weighted by atomic mass is 10.1. The van der Waals surface area contributed by atoms with Crippen LogP contribution >= 0.6 is 0 Å². The lowest BCUT2D eigenvalue weighted by Gasteiger charge is -2.14. The van der Waals surface area contributed by atoms with Crippen LogP contribution in [0.15, 0.2) is 18.5 Å². The van der Waals surface area contributed by atoms with E-state index in [-0.39, 0.29) is 11.9 Å². The molecule has 1 aliphatic heterocycles. The molecule has 1 atom stereocenters. The minimum atomic E-state index is 0.0746. The monoisotopic (exact) mass is 162 g/mol. The zero-order chi connectivity index (χ0) is 8.72. The Labute approximate surface area is 71.0 Å². The van der Waals surface area contributed by atoms with Crippen molar-refractivity contribution in [1.29, 1.82) is 0 Å². The number of nitrogens with zero attached hydrogens (tertiary/aromatic N) is 2. The maximum absolute atomic E-state index is 11.5. The first-order valence-electron chi connectivity index (χ1n) is 3.93. The van der Waals surface area contributed by atoms with Crippen molar-refractivity contribution in [2.24, 2.45) is 0 Å². The molecule has 0 spiro atoms. The van der Waals surface area contributed by atoms with E-state index in [2.05, 4.69) is 4.98 Å². The predicted molar refractivity (Wildman–Crippen MR) is 44.7 cm³/mol. The number of hydrogen-bond acceptors (Lipinski definition) is 2. The summed E-state index contributed by atoms with van der Waals surface area (Å²) in [5.74, 6) is 0.0746. The van der Waals surface area contributed by atoms with Crippen LogP contribution in [0.25, 0.3) is 0 Å². The highest BCUT2D eigenvalue weighted by Crippen LogP contribution is 2.30. The molecule has 1 amide bonds. The van der Waals surface area contributed by atoms with E-state index >= 15 is 0 Å². The van der Waals surface area contributed by atoms with Crippen molar-refractivity contribution >= 4 is 5.91 Å². The van der Waals surface area contributed by atoms with Gasteiger partial charge in [0.1, 0.15) is 0 Å². The maximum Gasteiger partial charge on any atom is 0.256 e. The summed E-state index contributed by atoms with van der Waals surface area (Å²) in [4.78, 5) is 17.1. The van der Waals surface area contributed by atoms with E-state index in [1.54, 1.807) is 17.3 Å². The van der Waals surface area contributed by atoms with E-state index in [0.29, 0.717) is 0 Å². The molecular formula is C9H10N2O. The Morgan fingerprint density at radius 2 is 2.33 bits per heavy atom. The van der Waals surface area contributed by atoms with E-state index in [1.165, 1.54) is 0 Å². The number of aromatic nitrogens is 1. The first-order chi connectivity index (χ1) is 5.72. The van der Waals surface area contributed by atoms with Crippen molar-refractivity contribution in [3.8, 4) is 0 Å². The molecule has 0 saturated heterocycles. The van der Waals surface area contributed by atoms with Gasteiger partial charge in [-0.1, -0.05) is 0 Å². The second-order valence-electron chi connectivity index (χ2n) is 3.05. The summed E-state index contributed by atoms with van der Waals surface area (Å²) in [6.45, 7) is 2.02. The van der Waals surface area contributed by atoms with Crippen molar-refractivity contribution in [2.75, 3.05) is 7.05 Å². The van der Waals surface area contributed by atoms with E-state index in [1.807, 2.05) is 20.0 Å². The number of hydrogen-bond donors (Lipinski definition) is 0. The summed E-state index contributed by atoms with van der Waals surface area (Å²) in [6, 6.07) is 2.09. The zero-order valence-electron chi connectivity index (χ0n) is 7.11. The fourth-order valence-corrected chi connectivity index (χ4v) is 1.52. The topological polar surface area (TPSA) is 33.2 Å². The molecule has 0 radical (unpaired) electrons. The number of pyridine rings is 1. The van der Waals surface area contributed by atoms with Crippen LogP contribution < -0.4 is 0 Å². The van der Waals surface area contributed by atoms with Gasteiger partial charge in [0.25, 0.3) is 5.91 Å². The van der Waals surface area contributed by atoms with Crippen LogP contribution in [0, 0.1) is 0 Å². The average Bonchev–Trinajstić information content (AvgIpc) is 2.33. The zero-order valence-corrected chi connectivity index (χ0v) is 7.11. The highest BCUT2D eigenvalue weighted by Gasteiger charge is 2.30. The third-order valence-electron chi connectivity index (χ3n) is 2.44. The standard InChI is InChI=1S/C9H10N2O/c1-6-7-3-4-10-5-8(7)9(12)11(6)2/h3-6H,1-2H3. The molecule has 0 aromatic carbocycles. The van der Waals surface area contributed by atoms with Crippen LogP contribution in [0.5, 0.6) is 0 Å². The summed E-state index contributed by atoms with van der Waals surface area (Å²) < 4.78 is 0. The molecule has 0 N–H and O–H groups in total. The Kier molecular flexibility index (Phi) is 1.40. The third-order valence-corrected chi connectivity index (χ3v) is 2.44. The molecule has 0 saturated carbocycles. The summed E-state index contributed by atoms with van der Waals surface area (Å²) in [5.41, 5.74) is 1.82. The van der Waals surface area contributed by atoms with Crippen LogP contribution in [-0.4, -0.2) is 22.8 Å². The van der Waals surface area contributed by atoms with E-state index in [0.717, 1.165) is 11.1 Å². The summed E-state index contributed by atoms with van der Waals surface area (Å²) in [5, 5.41) is 0. The Morgan fingerprint density at radius 3 is 3.00 bits per heavy atom. The number of fused-ring (bicyclic) bond motifs is 1. The predicted octanol–water partition coefficient (Wildman–Crippen LogP) is 1.23. The molecule has 62 valence electrons. The Morgan fingerprint density at radius 1 is 1.58 bits per heavy atom. The molecule has 3 heteroatoms. The minimum absolute atomic E-state index is 0.0746. The first-order valence-corrected chi connectivity index (χ1v) is 3.93. The third kappa shape index (κ3) is 0.763. The normalized spacial score (nSPS) is 21.3.